The van der Waals surface area contributed by atoms with Gasteiger partial charge in [-0.25, -0.2) is 0 Å². The molecule has 0 bridgehead atoms. The molecule has 0 aliphatic carbocycles. The monoisotopic (exact) mass is 239 g/mol. The standard InChI is InChI=1S/C14H22ClN/c1-4-5-9-16(12(2)3)11-13-7-6-8-14(15)10-13/h6-8,10,12H,4-5,9,11H2,1-3H3. The zero-order valence-corrected chi connectivity index (χ0v) is 11.3. The highest BCUT2D eigenvalue weighted by molar-refractivity contribution is 6.30. The Bertz CT molecular complexity index is 309. The third kappa shape index (κ3) is 4.54. The lowest BCUT2D eigenvalue weighted by molar-refractivity contribution is 0.209. The average molecular weight is 240 g/mol. The fourth-order valence-electron chi connectivity index (χ4n) is 1.75. The van der Waals surface area contributed by atoms with Crippen molar-refractivity contribution < 1.29 is 0 Å². The first-order chi connectivity index (χ1) is 7.63. The summed E-state index contributed by atoms with van der Waals surface area (Å²) < 4.78 is 0. The lowest BCUT2D eigenvalue weighted by atomic mass is 10.1. The molecular weight excluding hydrogens is 218 g/mol. The zero-order chi connectivity index (χ0) is 12.0. The summed E-state index contributed by atoms with van der Waals surface area (Å²) >= 11 is 5.99. The van der Waals surface area contributed by atoms with Crippen LogP contribution in [0, 0.1) is 0 Å². The van der Waals surface area contributed by atoms with Gasteiger partial charge in [0.1, 0.15) is 0 Å². The molecule has 2 heteroatoms. The summed E-state index contributed by atoms with van der Waals surface area (Å²) in [4.78, 5) is 2.50. The van der Waals surface area contributed by atoms with Crippen molar-refractivity contribution >= 4 is 11.6 Å². The predicted octanol–water partition coefficient (Wildman–Crippen LogP) is 4.35. The molecule has 0 aromatic heterocycles. The maximum Gasteiger partial charge on any atom is 0.0409 e. The maximum atomic E-state index is 5.99. The summed E-state index contributed by atoms with van der Waals surface area (Å²) in [7, 11) is 0. The summed E-state index contributed by atoms with van der Waals surface area (Å²) in [5.74, 6) is 0. The van der Waals surface area contributed by atoms with Gasteiger partial charge < -0.3 is 0 Å². The van der Waals surface area contributed by atoms with Gasteiger partial charge in [-0.1, -0.05) is 37.1 Å². The van der Waals surface area contributed by atoms with E-state index in [2.05, 4.69) is 37.8 Å². The summed E-state index contributed by atoms with van der Waals surface area (Å²) in [6.45, 7) is 8.90. The van der Waals surface area contributed by atoms with Crippen molar-refractivity contribution in [3.63, 3.8) is 0 Å². The zero-order valence-electron chi connectivity index (χ0n) is 10.5. The Labute approximate surface area is 104 Å². The molecule has 0 N–H and O–H groups in total. The number of hydrogen-bond donors (Lipinski definition) is 0. The van der Waals surface area contributed by atoms with E-state index >= 15 is 0 Å². The van der Waals surface area contributed by atoms with Gasteiger partial charge in [0.25, 0.3) is 0 Å². The van der Waals surface area contributed by atoms with Gasteiger partial charge in [-0.2, -0.15) is 0 Å². The summed E-state index contributed by atoms with van der Waals surface area (Å²) in [5, 5.41) is 0.830. The Kier molecular flexibility index (Phi) is 5.86. The van der Waals surface area contributed by atoms with Gasteiger partial charge in [0, 0.05) is 17.6 Å². The molecule has 0 saturated heterocycles. The third-order valence-corrected chi connectivity index (χ3v) is 3.04. The van der Waals surface area contributed by atoms with Crippen molar-refractivity contribution in [3.05, 3.63) is 34.9 Å². The highest BCUT2D eigenvalue weighted by Crippen LogP contribution is 2.14. The largest absolute Gasteiger partial charge is 0.297 e. The van der Waals surface area contributed by atoms with Crippen LogP contribution in [0.4, 0.5) is 0 Å². The fourth-order valence-corrected chi connectivity index (χ4v) is 1.96. The SMILES string of the molecule is CCCCN(Cc1cccc(Cl)c1)C(C)C. The summed E-state index contributed by atoms with van der Waals surface area (Å²) in [6.07, 6.45) is 2.51. The van der Waals surface area contributed by atoms with Gasteiger partial charge in [-0.15, -0.1) is 0 Å². The van der Waals surface area contributed by atoms with E-state index in [1.165, 1.54) is 24.9 Å². The van der Waals surface area contributed by atoms with E-state index in [0.29, 0.717) is 6.04 Å². The first kappa shape index (κ1) is 13.5. The van der Waals surface area contributed by atoms with E-state index in [1.807, 2.05) is 12.1 Å². The molecule has 0 heterocycles. The number of hydrogen-bond acceptors (Lipinski definition) is 1. The normalized spacial score (nSPS) is 11.4. The second-order valence-electron chi connectivity index (χ2n) is 4.55. The highest BCUT2D eigenvalue weighted by Gasteiger charge is 2.09. The first-order valence-corrected chi connectivity index (χ1v) is 6.49. The van der Waals surface area contributed by atoms with Crippen molar-refractivity contribution in [2.45, 2.75) is 46.2 Å². The molecule has 0 radical (unpaired) electrons. The minimum atomic E-state index is 0.588. The van der Waals surface area contributed by atoms with Crippen LogP contribution in [0.1, 0.15) is 39.2 Å². The van der Waals surface area contributed by atoms with Crippen LogP contribution < -0.4 is 0 Å². The third-order valence-electron chi connectivity index (χ3n) is 2.80. The summed E-state index contributed by atoms with van der Waals surface area (Å²) in [5.41, 5.74) is 1.30. The van der Waals surface area contributed by atoms with Gasteiger partial charge in [0.05, 0.1) is 0 Å². The molecule has 16 heavy (non-hydrogen) atoms. The van der Waals surface area contributed by atoms with E-state index in [0.717, 1.165) is 11.6 Å². The Balaban J connectivity index is 2.60. The Morgan fingerprint density at radius 2 is 2.06 bits per heavy atom. The molecule has 1 aromatic carbocycles. The minimum absolute atomic E-state index is 0.588. The van der Waals surface area contributed by atoms with Crippen molar-refractivity contribution in [2.24, 2.45) is 0 Å². The Morgan fingerprint density at radius 1 is 1.31 bits per heavy atom. The molecular formula is C14H22ClN. The van der Waals surface area contributed by atoms with Crippen LogP contribution in [0.25, 0.3) is 0 Å². The Morgan fingerprint density at radius 3 is 2.62 bits per heavy atom. The maximum absolute atomic E-state index is 5.99. The molecule has 0 fully saturated rings. The topological polar surface area (TPSA) is 3.24 Å². The van der Waals surface area contributed by atoms with Crippen LogP contribution >= 0.6 is 11.6 Å². The van der Waals surface area contributed by atoms with Crippen LogP contribution in [-0.4, -0.2) is 17.5 Å². The lowest BCUT2D eigenvalue weighted by Gasteiger charge is -2.26. The van der Waals surface area contributed by atoms with Gasteiger partial charge >= 0.3 is 0 Å². The highest BCUT2D eigenvalue weighted by atomic mass is 35.5. The number of rotatable bonds is 6. The second kappa shape index (κ2) is 6.93. The van der Waals surface area contributed by atoms with Crippen LogP contribution in [-0.2, 0) is 6.54 Å². The smallest absolute Gasteiger partial charge is 0.0409 e. The van der Waals surface area contributed by atoms with Crippen LogP contribution in [0.5, 0.6) is 0 Å². The molecule has 0 amide bonds. The quantitative estimate of drug-likeness (QED) is 0.714. The molecule has 1 rings (SSSR count). The second-order valence-corrected chi connectivity index (χ2v) is 4.98. The van der Waals surface area contributed by atoms with Crippen LogP contribution in [0.15, 0.2) is 24.3 Å². The average Bonchev–Trinajstić information content (AvgIpc) is 2.24. The molecule has 1 nitrogen and oxygen atoms in total. The molecule has 0 unspecified atom stereocenters. The molecule has 90 valence electrons. The molecule has 0 saturated carbocycles. The van der Waals surface area contributed by atoms with Crippen molar-refractivity contribution in [1.82, 2.24) is 4.90 Å². The number of benzene rings is 1. The number of nitrogens with zero attached hydrogens (tertiary/aromatic N) is 1. The van der Waals surface area contributed by atoms with E-state index in [9.17, 15) is 0 Å². The van der Waals surface area contributed by atoms with Crippen molar-refractivity contribution in [3.8, 4) is 0 Å². The molecule has 1 aromatic rings. The summed E-state index contributed by atoms with van der Waals surface area (Å²) in [6, 6.07) is 8.74. The van der Waals surface area contributed by atoms with E-state index < -0.39 is 0 Å². The lowest BCUT2D eigenvalue weighted by Crippen LogP contribution is -2.31. The van der Waals surface area contributed by atoms with E-state index in [1.54, 1.807) is 0 Å². The Hall–Kier alpha value is -0.530. The predicted molar refractivity (Wildman–Crippen MR) is 71.9 cm³/mol. The molecule has 0 aliphatic heterocycles. The number of unbranched alkanes of at least 4 members (excludes halogenated alkanes) is 1. The molecule has 0 atom stereocenters. The van der Waals surface area contributed by atoms with E-state index in [4.69, 9.17) is 11.6 Å². The minimum Gasteiger partial charge on any atom is -0.297 e. The van der Waals surface area contributed by atoms with Gasteiger partial charge in [-0.05, 0) is 44.5 Å². The van der Waals surface area contributed by atoms with Crippen molar-refractivity contribution in [2.75, 3.05) is 6.54 Å². The fraction of sp³-hybridized carbons (Fsp3) is 0.571. The van der Waals surface area contributed by atoms with Crippen LogP contribution in [0.3, 0.4) is 0 Å². The van der Waals surface area contributed by atoms with Gasteiger partial charge in [0.2, 0.25) is 0 Å². The van der Waals surface area contributed by atoms with Gasteiger partial charge in [-0.3, -0.25) is 4.90 Å². The first-order valence-electron chi connectivity index (χ1n) is 6.12. The number of halogens is 1. The van der Waals surface area contributed by atoms with Gasteiger partial charge in [0.15, 0.2) is 0 Å². The van der Waals surface area contributed by atoms with E-state index in [-0.39, 0.29) is 0 Å². The molecule has 0 aliphatic rings. The van der Waals surface area contributed by atoms with Crippen LogP contribution in [0.2, 0.25) is 5.02 Å². The molecule has 0 spiro atoms. The van der Waals surface area contributed by atoms with Crippen molar-refractivity contribution in [1.29, 1.82) is 0 Å².